The number of rotatable bonds is 4. The van der Waals surface area contributed by atoms with E-state index in [0.717, 1.165) is 11.3 Å². The fourth-order valence-electron chi connectivity index (χ4n) is 1.51. The van der Waals surface area contributed by atoms with Crippen molar-refractivity contribution in [2.45, 2.75) is 19.5 Å². The summed E-state index contributed by atoms with van der Waals surface area (Å²) in [6, 6.07) is 7.15. The van der Waals surface area contributed by atoms with E-state index in [2.05, 4.69) is 0 Å². The first kappa shape index (κ1) is 12.5. The molecule has 0 heterocycles. The summed E-state index contributed by atoms with van der Waals surface area (Å²) in [6.07, 6.45) is 0. The van der Waals surface area contributed by atoms with Crippen LogP contribution in [0.3, 0.4) is 0 Å². The second-order valence-corrected chi connectivity index (χ2v) is 3.79. The molecule has 88 valence electrons. The average Bonchev–Trinajstić information content (AvgIpc) is 2.28. The van der Waals surface area contributed by atoms with Gasteiger partial charge < -0.3 is 15.4 Å². The third-order valence-corrected chi connectivity index (χ3v) is 2.37. The molecule has 0 aliphatic carbocycles. The van der Waals surface area contributed by atoms with Crippen LogP contribution >= 0.6 is 0 Å². The highest BCUT2D eigenvalue weighted by molar-refractivity contribution is 5.80. The number of nitrogens with two attached hydrogens (primary N) is 1. The number of benzene rings is 1. The van der Waals surface area contributed by atoms with E-state index < -0.39 is 6.04 Å². The summed E-state index contributed by atoms with van der Waals surface area (Å²) in [6.45, 7) is 2.19. The smallest absolute Gasteiger partial charge is 0.239 e. The monoisotopic (exact) mass is 222 g/mol. The van der Waals surface area contributed by atoms with Gasteiger partial charge in [-0.25, -0.2) is 0 Å². The Kier molecular flexibility index (Phi) is 4.31. The third kappa shape index (κ3) is 2.97. The Balaban J connectivity index is 2.76. The highest BCUT2D eigenvalue weighted by Crippen LogP contribution is 2.18. The number of methoxy groups -OCH3 is 1. The van der Waals surface area contributed by atoms with Crippen molar-refractivity contribution < 1.29 is 9.53 Å². The molecule has 1 aromatic rings. The van der Waals surface area contributed by atoms with Crippen molar-refractivity contribution >= 4 is 5.91 Å². The fourth-order valence-corrected chi connectivity index (χ4v) is 1.51. The minimum Gasteiger partial charge on any atom is -0.496 e. The molecule has 4 heteroatoms. The number of nitrogens with zero attached hydrogens (tertiary/aromatic N) is 1. The largest absolute Gasteiger partial charge is 0.496 e. The zero-order valence-corrected chi connectivity index (χ0v) is 9.93. The van der Waals surface area contributed by atoms with Gasteiger partial charge in [0.1, 0.15) is 5.75 Å². The average molecular weight is 222 g/mol. The fraction of sp³-hybridized carbons (Fsp3) is 0.417. The molecule has 1 rings (SSSR count). The van der Waals surface area contributed by atoms with E-state index in [0.29, 0.717) is 6.54 Å². The number of likely N-dealkylation sites (N-methyl/N-ethyl adjacent to an activating group) is 1. The molecule has 16 heavy (non-hydrogen) atoms. The van der Waals surface area contributed by atoms with Crippen molar-refractivity contribution in [1.82, 2.24) is 4.90 Å². The van der Waals surface area contributed by atoms with Gasteiger partial charge in [-0.1, -0.05) is 18.2 Å². The van der Waals surface area contributed by atoms with Crippen LogP contribution in [0.5, 0.6) is 5.75 Å². The molecule has 1 atom stereocenters. The van der Waals surface area contributed by atoms with Crippen molar-refractivity contribution in [2.24, 2.45) is 5.73 Å². The van der Waals surface area contributed by atoms with Crippen molar-refractivity contribution in [3.05, 3.63) is 29.8 Å². The van der Waals surface area contributed by atoms with E-state index in [1.807, 2.05) is 24.3 Å². The first-order chi connectivity index (χ1) is 7.56. The molecule has 1 aromatic carbocycles. The SMILES string of the molecule is COc1ccccc1CN(C)C(=O)[C@H](C)N. The third-order valence-electron chi connectivity index (χ3n) is 2.37. The number of ether oxygens (including phenoxy) is 1. The van der Waals surface area contributed by atoms with E-state index >= 15 is 0 Å². The Morgan fingerprint density at radius 1 is 1.50 bits per heavy atom. The number of amides is 1. The maximum absolute atomic E-state index is 11.6. The number of hydrogen-bond donors (Lipinski definition) is 1. The zero-order valence-electron chi connectivity index (χ0n) is 9.93. The predicted octanol–water partition coefficient (Wildman–Crippen LogP) is 1.00. The lowest BCUT2D eigenvalue weighted by Crippen LogP contribution is -2.39. The molecule has 0 fully saturated rings. The summed E-state index contributed by atoms with van der Waals surface area (Å²) in [7, 11) is 3.35. The number of carbonyl (C=O) groups is 1. The quantitative estimate of drug-likeness (QED) is 0.827. The summed E-state index contributed by atoms with van der Waals surface area (Å²) in [5, 5.41) is 0. The maximum atomic E-state index is 11.6. The topological polar surface area (TPSA) is 55.6 Å². The highest BCUT2D eigenvalue weighted by atomic mass is 16.5. The van der Waals surface area contributed by atoms with Crippen LogP contribution in [0.1, 0.15) is 12.5 Å². The van der Waals surface area contributed by atoms with Gasteiger partial charge in [-0.15, -0.1) is 0 Å². The second kappa shape index (κ2) is 5.51. The number of carbonyl (C=O) groups excluding carboxylic acids is 1. The van der Waals surface area contributed by atoms with Crippen LogP contribution in [0, 0.1) is 0 Å². The Morgan fingerprint density at radius 3 is 2.69 bits per heavy atom. The minimum absolute atomic E-state index is 0.0779. The standard InChI is InChI=1S/C12H18N2O2/c1-9(13)12(15)14(2)8-10-6-4-5-7-11(10)16-3/h4-7,9H,8,13H2,1-3H3/t9-/m0/s1. The van der Waals surface area contributed by atoms with Crippen molar-refractivity contribution in [3.8, 4) is 5.75 Å². The van der Waals surface area contributed by atoms with Gasteiger partial charge in [-0.05, 0) is 13.0 Å². The summed E-state index contributed by atoms with van der Waals surface area (Å²) in [5.74, 6) is 0.706. The van der Waals surface area contributed by atoms with E-state index in [1.54, 1.807) is 26.0 Å². The lowest BCUT2D eigenvalue weighted by atomic mass is 10.2. The van der Waals surface area contributed by atoms with E-state index in [-0.39, 0.29) is 5.91 Å². The van der Waals surface area contributed by atoms with Crippen molar-refractivity contribution in [2.75, 3.05) is 14.2 Å². The van der Waals surface area contributed by atoms with Gasteiger partial charge in [-0.3, -0.25) is 4.79 Å². The van der Waals surface area contributed by atoms with Gasteiger partial charge in [0.15, 0.2) is 0 Å². The first-order valence-corrected chi connectivity index (χ1v) is 5.18. The molecule has 1 amide bonds. The summed E-state index contributed by atoms with van der Waals surface area (Å²) in [4.78, 5) is 13.2. The lowest BCUT2D eigenvalue weighted by molar-refractivity contribution is -0.131. The maximum Gasteiger partial charge on any atom is 0.239 e. The zero-order chi connectivity index (χ0) is 12.1. The molecular weight excluding hydrogens is 204 g/mol. The second-order valence-electron chi connectivity index (χ2n) is 3.79. The molecular formula is C12H18N2O2. The van der Waals surface area contributed by atoms with Crippen LogP contribution in [0.25, 0.3) is 0 Å². The lowest BCUT2D eigenvalue weighted by Gasteiger charge is -2.20. The van der Waals surface area contributed by atoms with Crippen molar-refractivity contribution in [1.29, 1.82) is 0 Å². The van der Waals surface area contributed by atoms with Crippen LogP contribution in [0.4, 0.5) is 0 Å². The summed E-state index contributed by atoms with van der Waals surface area (Å²) >= 11 is 0. The molecule has 0 aliphatic rings. The van der Waals surface area contributed by atoms with E-state index in [1.165, 1.54) is 0 Å². The molecule has 4 nitrogen and oxygen atoms in total. The van der Waals surface area contributed by atoms with Crippen LogP contribution < -0.4 is 10.5 Å². The molecule has 0 saturated carbocycles. The molecule has 0 unspecified atom stereocenters. The molecule has 0 aromatic heterocycles. The van der Waals surface area contributed by atoms with Gasteiger partial charge >= 0.3 is 0 Å². The van der Waals surface area contributed by atoms with Crippen molar-refractivity contribution in [3.63, 3.8) is 0 Å². The molecule has 0 bridgehead atoms. The molecule has 0 radical (unpaired) electrons. The molecule has 0 aliphatic heterocycles. The number of hydrogen-bond acceptors (Lipinski definition) is 3. The minimum atomic E-state index is -0.472. The van der Waals surface area contributed by atoms with Gasteiger partial charge in [0.05, 0.1) is 13.2 Å². The summed E-state index contributed by atoms with van der Waals surface area (Å²) < 4.78 is 5.22. The van der Waals surface area contributed by atoms with Gasteiger partial charge in [-0.2, -0.15) is 0 Å². The van der Waals surface area contributed by atoms with Crippen LogP contribution in [-0.2, 0) is 11.3 Å². The van der Waals surface area contributed by atoms with Crippen LogP contribution in [-0.4, -0.2) is 31.0 Å². The van der Waals surface area contributed by atoms with E-state index in [4.69, 9.17) is 10.5 Å². The Hall–Kier alpha value is -1.55. The normalized spacial score (nSPS) is 12.0. The molecule has 0 spiro atoms. The Labute approximate surface area is 96.0 Å². The Bertz CT molecular complexity index is 364. The molecule has 2 N–H and O–H groups in total. The summed E-state index contributed by atoms with van der Waals surface area (Å²) in [5.41, 5.74) is 6.51. The predicted molar refractivity (Wildman–Crippen MR) is 63.1 cm³/mol. The number of para-hydroxylation sites is 1. The Morgan fingerprint density at radius 2 is 2.12 bits per heavy atom. The van der Waals surface area contributed by atoms with E-state index in [9.17, 15) is 4.79 Å². The van der Waals surface area contributed by atoms with Gasteiger partial charge in [0.25, 0.3) is 0 Å². The highest BCUT2D eigenvalue weighted by Gasteiger charge is 2.14. The van der Waals surface area contributed by atoms with Gasteiger partial charge in [0.2, 0.25) is 5.91 Å². The van der Waals surface area contributed by atoms with Crippen LogP contribution in [0.15, 0.2) is 24.3 Å². The first-order valence-electron chi connectivity index (χ1n) is 5.18. The van der Waals surface area contributed by atoms with Crippen LogP contribution in [0.2, 0.25) is 0 Å². The molecule has 0 saturated heterocycles. The van der Waals surface area contributed by atoms with Gasteiger partial charge in [0, 0.05) is 19.2 Å².